The number of ether oxygens (including phenoxy) is 1. The van der Waals surface area contributed by atoms with Crippen molar-refractivity contribution < 1.29 is 9.53 Å². The lowest BCUT2D eigenvalue weighted by molar-refractivity contribution is 0.0776. The zero-order valence-electron chi connectivity index (χ0n) is 9.45. The Morgan fingerprint density at radius 1 is 1.36 bits per heavy atom. The van der Waals surface area contributed by atoms with E-state index < -0.39 is 0 Å². The molecule has 82 valence electrons. The van der Waals surface area contributed by atoms with Crippen LogP contribution in [0.2, 0.25) is 0 Å². The van der Waals surface area contributed by atoms with Crippen LogP contribution >= 0.6 is 0 Å². The van der Waals surface area contributed by atoms with Crippen LogP contribution in [-0.4, -0.2) is 30.2 Å². The fraction of sp³-hybridized carbons (Fsp3) is 0.909. The maximum absolute atomic E-state index is 11.6. The quantitative estimate of drug-likeness (QED) is 0.649. The smallest absolute Gasteiger partial charge is 0.410 e. The first-order valence-corrected chi connectivity index (χ1v) is 5.55. The Kier molecular flexibility index (Phi) is 4.23. The Morgan fingerprint density at radius 2 is 2.07 bits per heavy atom. The van der Waals surface area contributed by atoms with E-state index in [4.69, 9.17) is 4.74 Å². The van der Waals surface area contributed by atoms with Crippen molar-refractivity contribution >= 4 is 6.09 Å². The molecule has 0 saturated carbocycles. The van der Waals surface area contributed by atoms with Gasteiger partial charge in [0.2, 0.25) is 0 Å². The Hall–Kier alpha value is -0.730. The van der Waals surface area contributed by atoms with Crippen LogP contribution in [0, 0.1) is 5.92 Å². The average molecular weight is 199 g/mol. The second-order valence-corrected chi connectivity index (χ2v) is 4.46. The number of hydrogen-bond donors (Lipinski definition) is 0. The zero-order chi connectivity index (χ0) is 10.6. The van der Waals surface area contributed by atoms with Gasteiger partial charge in [0.05, 0.1) is 6.10 Å². The summed E-state index contributed by atoms with van der Waals surface area (Å²) < 4.78 is 5.17. The number of nitrogens with zero attached hydrogens (tertiary/aromatic N) is 1. The van der Waals surface area contributed by atoms with Crippen molar-refractivity contribution in [2.75, 3.05) is 13.1 Å². The molecule has 1 saturated heterocycles. The Bertz CT molecular complexity index is 192. The third-order valence-electron chi connectivity index (χ3n) is 2.61. The van der Waals surface area contributed by atoms with Crippen molar-refractivity contribution in [1.29, 1.82) is 0 Å². The van der Waals surface area contributed by atoms with Crippen LogP contribution in [0.1, 0.15) is 40.0 Å². The van der Waals surface area contributed by atoms with Gasteiger partial charge in [0.15, 0.2) is 0 Å². The Morgan fingerprint density at radius 3 is 2.71 bits per heavy atom. The molecule has 1 amide bonds. The lowest BCUT2D eigenvalue weighted by Crippen LogP contribution is -2.34. The molecule has 1 atom stereocenters. The van der Waals surface area contributed by atoms with E-state index in [1.165, 1.54) is 6.42 Å². The molecule has 1 aliphatic heterocycles. The Balaban J connectivity index is 2.39. The van der Waals surface area contributed by atoms with Crippen molar-refractivity contribution in [2.24, 2.45) is 5.92 Å². The van der Waals surface area contributed by atoms with E-state index >= 15 is 0 Å². The zero-order valence-corrected chi connectivity index (χ0v) is 9.45. The number of hydrogen-bond acceptors (Lipinski definition) is 2. The van der Waals surface area contributed by atoms with E-state index in [1.54, 1.807) is 0 Å². The molecule has 3 heteroatoms. The molecule has 1 rings (SSSR count). The van der Waals surface area contributed by atoms with Crippen molar-refractivity contribution in [3.05, 3.63) is 0 Å². The minimum Gasteiger partial charge on any atom is -0.447 e. The van der Waals surface area contributed by atoms with Crippen molar-refractivity contribution in [3.63, 3.8) is 0 Å². The van der Waals surface area contributed by atoms with Crippen LogP contribution in [0.25, 0.3) is 0 Å². The maximum Gasteiger partial charge on any atom is 0.410 e. The summed E-state index contributed by atoms with van der Waals surface area (Å²) in [4.78, 5) is 13.4. The summed E-state index contributed by atoms with van der Waals surface area (Å²) in [5.41, 5.74) is 0. The highest BCUT2D eigenvalue weighted by molar-refractivity contribution is 5.67. The number of carbonyl (C=O) groups is 1. The molecule has 0 aromatic heterocycles. The molecular formula is C11H21NO2. The van der Waals surface area contributed by atoms with Gasteiger partial charge < -0.3 is 9.64 Å². The topological polar surface area (TPSA) is 29.5 Å². The molecule has 0 aromatic rings. The minimum absolute atomic E-state index is 0.0109. The van der Waals surface area contributed by atoms with Crippen molar-refractivity contribution in [3.8, 4) is 0 Å². The molecule has 0 spiro atoms. The number of carbonyl (C=O) groups excluding carboxylic acids is 1. The van der Waals surface area contributed by atoms with Gasteiger partial charge in [-0.15, -0.1) is 0 Å². The summed E-state index contributed by atoms with van der Waals surface area (Å²) in [5.74, 6) is 0.742. The third-order valence-corrected chi connectivity index (χ3v) is 2.61. The fourth-order valence-corrected chi connectivity index (χ4v) is 1.72. The third kappa shape index (κ3) is 3.56. The predicted molar refractivity (Wildman–Crippen MR) is 56.2 cm³/mol. The highest BCUT2D eigenvalue weighted by Crippen LogP contribution is 2.17. The SMILES string of the molecule is CC1CCCN(C(=O)OC(C)C)CC1. The highest BCUT2D eigenvalue weighted by Gasteiger charge is 2.19. The standard InChI is InChI=1S/C11H21NO2/c1-9(2)14-11(13)12-7-4-5-10(3)6-8-12/h9-10H,4-8H2,1-3H3. The summed E-state index contributed by atoms with van der Waals surface area (Å²) in [6.07, 6.45) is 3.28. The molecule has 0 N–H and O–H groups in total. The van der Waals surface area contributed by atoms with Gasteiger partial charge in [-0.05, 0) is 39.0 Å². The first kappa shape index (κ1) is 11.3. The molecule has 0 radical (unpaired) electrons. The van der Waals surface area contributed by atoms with Crippen LogP contribution in [0.3, 0.4) is 0 Å². The lowest BCUT2D eigenvalue weighted by Gasteiger charge is -2.21. The van der Waals surface area contributed by atoms with Crippen LogP contribution < -0.4 is 0 Å². The van der Waals surface area contributed by atoms with Crippen LogP contribution in [0.5, 0.6) is 0 Å². The fourth-order valence-electron chi connectivity index (χ4n) is 1.72. The normalized spacial score (nSPS) is 23.4. The van der Waals surface area contributed by atoms with E-state index in [1.807, 2.05) is 18.7 Å². The summed E-state index contributed by atoms with van der Waals surface area (Å²) >= 11 is 0. The molecule has 1 aliphatic rings. The van der Waals surface area contributed by atoms with Gasteiger partial charge >= 0.3 is 6.09 Å². The molecule has 1 heterocycles. The van der Waals surface area contributed by atoms with Gasteiger partial charge in [-0.2, -0.15) is 0 Å². The molecule has 14 heavy (non-hydrogen) atoms. The van der Waals surface area contributed by atoms with Gasteiger partial charge in [0.1, 0.15) is 0 Å². The molecule has 0 aromatic carbocycles. The molecule has 3 nitrogen and oxygen atoms in total. The van der Waals surface area contributed by atoms with E-state index in [-0.39, 0.29) is 12.2 Å². The van der Waals surface area contributed by atoms with E-state index in [9.17, 15) is 4.79 Å². The minimum atomic E-state index is -0.144. The summed E-state index contributed by atoms with van der Waals surface area (Å²) in [6, 6.07) is 0. The van der Waals surface area contributed by atoms with E-state index in [0.29, 0.717) is 0 Å². The van der Waals surface area contributed by atoms with Crippen molar-refractivity contribution in [1.82, 2.24) is 4.90 Å². The van der Waals surface area contributed by atoms with Gasteiger partial charge in [0, 0.05) is 13.1 Å². The van der Waals surface area contributed by atoms with Gasteiger partial charge in [0.25, 0.3) is 0 Å². The van der Waals surface area contributed by atoms with Crippen LogP contribution in [0.15, 0.2) is 0 Å². The van der Waals surface area contributed by atoms with Crippen molar-refractivity contribution in [2.45, 2.75) is 46.1 Å². The largest absolute Gasteiger partial charge is 0.447 e. The van der Waals surface area contributed by atoms with E-state index in [2.05, 4.69) is 6.92 Å². The number of likely N-dealkylation sites (tertiary alicyclic amines) is 1. The molecule has 1 fully saturated rings. The second kappa shape index (κ2) is 5.23. The average Bonchev–Trinajstić information content (AvgIpc) is 2.28. The van der Waals surface area contributed by atoms with Crippen LogP contribution in [0.4, 0.5) is 4.79 Å². The Labute approximate surface area is 86.4 Å². The van der Waals surface area contributed by atoms with Crippen LogP contribution in [-0.2, 0) is 4.74 Å². The van der Waals surface area contributed by atoms with Gasteiger partial charge in [-0.3, -0.25) is 0 Å². The van der Waals surface area contributed by atoms with Gasteiger partial charge in [-0.1, -0.05) is 6.92 Å². The molecule has 0 bridgehead atoms. The summed E-state index contributed by atoms with van der Waals surface area (Å²) in [7, 11) is 0. The predicted octanol–water partition coefficient (Wildman–Crippen LogP) is 2.65. The first-order chi connectivity index (χ1) is 6.59. The number of rotatable bonds is 1. The van der Waals surface area contributed by atoms with E-state index in [0.717, 1.165) is 31.8 Å². The highest BCUT2D eigenvalue weighted by atomic mass is 16.6. The summed E-state index contributed by atoms with van der Waals surface area (Å²) in [6.45, 7) is 7.73. The van der Waals surface area contributed by atoms with Gasteiger partial charge in [-0.25, -0.2) is 4.79 Å². The first-order valence-electron chi connectivity index (χ1n) is 5.55. The lowest BCUT2D eigenvalue weighted by atomic mass is 10.0. The molecule has 1 unspecified atom stereocenters. The monoisotopic (exact) mass is 199 g/mol. The second-order valence-electron chi connectivity index (χ2n) is 4.46. The molecular weight excluding hydrogens is 178 g/mol. The maximum atomic E-state index is 11.6. The summed E-state index contributed by atoms with van der Waals surface area (Å²) in [5, 5.41) is 0. The number of amides is 1. The molecule has 0 aliphatic carbocycles.